The zero-order valence-electron chi connectivity index (χ0n) is 19.2. The first kappa shape index (κ1) is 19.5. The molecule has 1 heteroatoms. The lowest BCUT2D eigenvalue weighted by Gasteiger charge is -2.34. The summed E-state index contributed by atoms with van der Waals surface area (Å²) in [6, 6.07) is 16.0. The van der Waals surface area contributed by atoms with Gasteiger partial charge in [-0.3, -0.25) is 0 Å². The highest BCUT2D eigenvalue weighted by Crippen LogP contribution is 2.45. The van der Waals surface area contributed by atoms with Crippen molar-refractivity contribution < 1.29 is 4.57 Å². The molecular weight excluding hydrogens is 362 g/mol. The van der Waals surface area contributed by atoms with Gasteiger partial charge in [-0.25, -0.2) is 4.57 Å². The van der Waals surface area contributed by atoms with Crippen LogP contribution in [0.15, 0.2) is 48.7 Å². The molecule has 1 fully saturated rings. The van der Waals surface area contributed by atoms with Crippen molar-refractivity contribution in [2.24, 2.45) is 12.5 Å². The summed E-state index contributed by atoms with van der Waals surface area (Å²) < 4.78 is 2.40. The fourth-order valence-corrected chi connectivity index (χ4v) is 5.84. The predicted octanol–water partition coefficient (Wildman–Crippen LogP) is 7.05. The maximum absolute atomic E-state index is 2.46. The van der Waals surface area contributed by atoms with Crippen molar-refractivity contribution in [3.8, 4) is 22.4 Å². The van der Waals surface area contributed by atoms with Gasteiger partial charge in [0.15, 0.2) is 6.20 Å². The van der Waals surface area contributed by atoms with E-state index >= 15 is 0 Å². The van der Waals surface area contributed by atoms with Gasteiger partial charge in [0.25, 0.3) is 0 Å². The second-order valence-electron chi connectivity index (χ2n) is 10.5. The van der Waals surface area contributed by atoms with Crippen molar-refractivity contribution in [3.05, 3.63) is 76.5 Å². The van der Waals surface area contributed by atoms with Gasteiger partial charge in [0, 0.05) is 11.6 Å². The molecule has 1 nitrogen and oxygen atoms in total. The van der Waals surface area contributed by atoms with Crippen LogP contribution in [0, 0.1) is 19.3 Å². The van der Waals surface area contributed by atoms with Crippen LogP contribution < -0.4 is 4.57 Å². The summed E-state index contributed by atoms with van der Waals surface area (Å²) in [6.07, 6.45) is 8.80. The molecule has 0 spiro atoms. The van der Waals surface area contributed by atoms with Gasteiger partial charge in [0.2, 0.25) is 5.69 Å². The van der Waals surface area contributed by atoms with Crippen molar-refractivity contribution in [1.82, 2.24) is 0 Å². The van der Waals surface area contributed by atoms with Gasteiger partial charge >= 0.3 is 0 Å². The first-order chi connectivity index (χ1) is 14.3. The first-order valence-electron chi connectivity index (χ1n) is 11.6. The third-order valence-electron chi connectivity index (χ3n) is 7.75. The van der Waals surface area contributed by atoms with Crippen LogP contribution in [-0.4, -0.2) is 0 Å². The van der Waals surface area contributed by atoms with Crippen LogP contribution in [0.25, 0.3) is 22.4 Å². The third kappa shape index (κ3) is 3.20. The lowest BCUT2D eigenvalue weighted by Crippen LogP contribution is -2.33. The minimum absolute atomic E-state index is 0.517. The normalized spacial score (nSPS) is 17.6. The molecule has 0 saturated heterocycles. The average Bonchev–Trinajstić information content (AvgIpc) is 3.08. The highest BCUT2D eigenvalue weighted by atomic mass is 14.9. The van der Waals surface area contributed by atoms with E-state index in [9.17, 15) is 0 Å². The van der Waals surface area contributed by atoms with Gasteiger partial charge in [-0.05, 0) is 90.7 Å². The summed E-state index contributed by atoms with van der Waals surface area (Å²) in [5.41, 5.74) is 13.5. The fourth-order valence-electron chi connectivity index (χ4n) is 5.84. The number of rotatable bonds is 2. The number of hydrogen-bond donors (Lipinski definition) is 0. The van der Waals surface area contributed by atoms with Gasteiger partial charge < -0.3 is 0 Å². The Balaban J connectivity index is 1.57. The largest absolute Gasteiger partial charge is 0.213 e. The Hall–Kier alpha value is -2.41. The van der Waals surface area contributed by atoms with E-state index in [2.05, 4.69) is 88.0 Å². The molecule has 1 aromatic heterocycles. The smallest absolute Gasteiger partial charge is 0.201 e. The summed E-state index contributed by atoms with van der Waals surface area (Å²) in [7, 11) is 2.24. The molecule has 0 aliphatic heterocycles. The quantitative estimate of drug-likeness (QED) is 0.320. The van der Waals surface area contributed by atoms with Crippen LogP contribution in [-0.2, 0) is 13.5 Å². The maximum Gasteiger partial charge on any atom is 0.213 e. The number of pyridine rings is 1. The summed E-state index contributed by atoms with van der Waals surface area (Å²) in [5.74, 6) is 0.713. The molecule has 0 atom stereocenters. The molecule has 30 heavy (non-hydrogen) atoms. The Labute approximate surface area is 181 Å². The predicted molar refractivity (Wildman–Crippen MR) is 126 cm³/mol. The van der Waals surface area contributed by atoms with Crippen LogP contribution in [0.1, 0.15) is 73.3 Å². The molecule has 0 bridgehead atoms. The van der Waals surface area contributed by atoms with Gasteiger partial charge in [-0.1, -0.05) is 50.2 Å². The van der Waals surface area contributed by atoms with E-state index in [0.717, 1.165) is 6.42 Å². The maximum atomic E-state index is 2.46. The summed E-state index contributed by atoms with van der Waals surface area (Å²) >= 11 is 0. The standard InChI is InChI=1S/C29H34N/c1-19-10-11-24-23-9-7-6-8-22(23)17-25(24)28(19)27-16-20(2)26(18-30(27)5)21-12-14-29(3,4)15-13-21/h6-11,16,18,21H,12-15,17H2,1-5H3/q+1. The van der Waals surface area contributed by atoms with E-state index in [1.54, 1.807) is 5.56 Å². The SMILES string of the molecule is Cc1cc(-c2c(C)ccc3c2Cc2ccccc2-3)[n+](C)cc1C1CCC(C)(C)CC1. The number of aromatic nitrogens is 1. The lowest BCUT2D eigenvalue weighted by molar-refractivity contribution is -0.661. The van der Waals surface area contributed by atoms with Crippen molar-refractivity contribution in [1.29, 1.82) is 0 Å². The summed E-state index contributed by atoms with van der Waals surface area (Å²) in [4.78, 5) is 0. The van der Waals surface area contributed by atoms with E-state index in [0.29, 0.717) is 11.3 Å². The van der Waals surface area contributed by atoms with E-state index < -0.39 is 0 Å². The average molecular weight is 397 g/mol. The molecule has 2 aliphatic rings. The topological polar surface area (TPSA) is 3.88 Å². The molecule has 154 valence electrons. The molecular formula is C29H34N+. The minimum atomic E-state index is 0.517. The Morgan fingerprint density at radius 3 is 2.40 bits per heavy atom. The number of hydrogen-bond acceptors (Lipinski definition) is 0. The Morgan fingerprint density at radius 1 is 0.900 bits per heavy atom. The van der Waals surface area contributed by atoms with Crippen molar-refractivity contribution >= 4 is 0 Å². The molecule has 0 radical (unpaired) electrons. The second-order valence-corrected chi connectivity index (χ2v) is 10.5. The number of fused-ring (bicyclic) bond motifs is 3. The molecule has 1 heterocycles. The molecule has 0 unspecified atom stereocenters. The van der Waals surface area contributed by atoms with Crippen LogP contribution >= 0.6 is 0 Å². The van der Waals surface area contributed by atoms with E-state index in [1.165, 1.54) is 70.3 Å². The molecule has 0 amide bonds. The summed E-state index contributed by atoms with van der Waals surface area (Å²) in [6.45, 7) is 9.45. The van der Waals surface area contributed by atoms with E-state index in [-0.39, 0.29) is 0 Å². The molecule has 5 rings (SSSR count). The fraction of sp³-hybridized carbons (Fsp3) is 0.414. The minimum Gasteiger partial charge on any atom is -0.201 e. The molecule has 2 aromatic carbocycles. The molecule has 2 aliphatic carbocycles. The van der Waals surface area contributed by atoms with Crippen LogP contribution in [0.5, 0.6) is 0 Å². The van der Waals surface area contributed by atoms with Gasteiger partial charge in [-0.2, -0.15) is 0 Å². The molecule has 3 aromatic rings. The Morgan fingerprint density at radius 2 is 1.63 bits per heavy atom. The Kier molecular flexibility index (Phi) is 4.61. The summed E-state index contributed by atoms with van der Waals surface area (Å²) in [5, 5.41) is 0. The molecule has 1 saturated carbocycles. The monoisotopic (exact) mass is 396 g/mol. The number of benzene rings is 2. The van der Waals surface area contributed by atoms with Crippen LogP contribution in [0.2, 0.25) is 0 Å². The van der Waals surface area contributed by atoms with Gasteiger partial charge in [0.1, 0.15) is 7.05 Å². The molecule has 0 N–H and O–H groups in total. The number of aryl methyl sites for hydroxylation is 3. The highest BCUT2D eigenvalue weighted by Gasteiger charge is 2.31. The zero-order chi connectivity index (χ0) is 21.0. The number of nitrogens with zero attached hydrogens (tertiary/aromatic N) is 1. The lowest BCUT2D eigenvalue weighted by atomic mass is 9.71. The second kappa shape index (κ2) is 7.08. The van der Waals surface area contributed by atoms with Crippen molar-refractivity contribution in [2.75, 3.05) is 0 Å². The Bertz CT molecular complexity index is 1130. The third-order valence-corrected chi connectivity index (χ3v) is 7.75. The van der Waals surface area contributed by atoms with Crippen molar-refractivity contribution in [3.63, 3.8) is 0 Å². The zero-order valence-corrected chi connectivity index (χ0v) is 19.2. The van der Waals surface area contributed by atoms with Crippen LogP contribution in [0.3, 0.4) is 0 Å². The van der Waals surface area contributed by atoms with Gasteiger partial charge in [-0.15, -0.1) is 0 Å². The highest BCUT2D eigenvalue weighted by molar-refractivity contribution is 5.84. The van der Waals surface area contributed by atoms with Crippen LogP contribution in [0.4, 0.5) is 0 Å². The van der Waals surface area contributed by atoms with Crippen molar-refractivity contribution in [2.45, 2.75) is 65.7 Å². The first-order valence-corrected chi connectivity index (χ1v) is 11.6. The van der Waals surface area contributed by atoms with E-state index in [1.807, 2.05) is 0 Å². The van der Waals surface area contributed by atoms with Gasteiger partial charge in [0.05, 0.1) is 5.56 Å². The van der Waals surface area contributed by atoms with E-state index in [4.69, 9.17) is 0 Å².